The van der Waals surface area contributed by atoms with Gasteiger partial charge in [0.25, 0.3) is 0 Å². The van der Waals surface area contributed by atoms with Crippen LogP contribution in [-0.4, -0.2) is 25.2 Å². The van der Waals surface area contributed by atoms with E-state index in [4.69, 9.17) is 5.73 Å². The Morgan fingerprint density at radius 3 is 2.50 bits per heavy atom. The van der Waals surface area contributed by atoms with Crippen LogP contribution in [0.15, 0.2) is 36.5 Å². The van der Waals surface area contributed by atoms with Crippen molar-refractivity contribution < 1.29 is 0 Å². The molecule has 3 aromatic rings. The summed E-state index contributed by atoms with van der Waals surface area (Å²) in [6.07, 6.45) is 1.68. The minimum atomic E-state index is 0.449. The van der Waals surface area contributed by atoms with Gasteiger partial charge in [0.05, 0.1) is 11.9 Å². The molecule has 0 unspecified atom stereocenters. The fraction of sp³-hybridized carbons (Fsp3) is 0.143. The molecule has 0 spiro atoms. The van der Waals surface area contributed by atoms with Gasteiger partial charge >= 0.3 is 0 Å². The van der Waals surface area contributed by atoms with Crippen molar-refractivity contribution in [2.45, 2.75) is 13.8 Å². The summed E-state index contributed by atoms with van der Waals surface area (Å²) in [5, 5.41) is 16.3. The molecule has 2 heterocycles. The number of nitrogens with two attached hydrogens (primary N) is 1. The summed E-state index contributed by atoms with van der Waals surface area (Å²) in [5.74, 6) is 0.449. The molecule has 0 saturated carbocycles. The van der Waals surface area contributed by atoms with Gasteiger partial charge in [-0.05, 0) is 37.1 Å². The first-order valence-electron chi connectivity index (χ1n) is 6.24. The first-order valence-corrected chi connectivity index (χ1v) is 6.24. The topological polar surface area (TPSA) is 82.5 Å². The van der Waals surface area contributed by atoms with Gasteiger partial charge in [0.2, 0.25) is 0 Å². The maximum absolute atomic E-state index is 5.78. The van der Waals surface area contributed by atoms with Gasteiger partial charge in [-0.3, -0.25) is 0 Å². The summed E-state index contributed by atoms with van der Waals surface area (Å²) in [4.78, 5) is 0. The smallest absolute Gasteiger partial charge is 0.149 e. The maximum Gasteiger partial charge on any atom is 0.149 e. The van der Waals surface area contributed by atoms with E-state index in [-0.39, 0.29) is 0 Å². The van der Waals surface area contributed by atoms with Gasteiger partial charge in [-0.1, -0.05) is 23.4 Å². The molecule has 6 heteroatoms. The summed E-state index contributed by atoms with van der Waals surface area (Å²) in [6.45, 7) is 3.90. The van der Waals surface area contributed by atoms with Crippen molar-refractivity contribution in [2.75, 3.05) is 5.73 Å². The van der Waals surface area contributed by atoms with Crippen LogP contribution in [0.5, 0.6) is 0 Å². The summed E-state index contributed by atoms with van der Waals surface area (Å²) >= 11 is 0. The maximum atomic E-state index is 5.78. The number of hydrogen-bond donors (Lipinski definition) is 1. The van der Waals surface area contributed by atoms with Crippen LogP contribution in [0.4, 0.5) is 5.82 Å². The number of aromatic nitrogens is 5. The normalized spacial score (nSPS) is 10.7. The largest absolute Gasteiger partial charge is 0.382 e. The third-order valence-electron chi connectivity index (χ3n) is 3.35. The first kappa shape index (κ1) is 12.3. The van der Waals surface area contributed by atoms with Crippen LogP contribution < -0.4 is 5.73 Å². The molecule has 3 rings (SSSR count). The molecule has 0 radical (unpaired) electrons. The van der Waals surface area contributed by atoms with E-state index in [0.29, 0.717) is 5.82 Å². The Labute approximate surface area is 116 Å². The monoisotopic (exact) mass is 266 g/mol. The predicted octanol–water partition coefficient (Wildman–Crippen LogP) is 1.92. The number of para-hydroxylation sites is 1. The van der Waals surface area contributed by atoms with Gasteiger partial charge in [-0.25, -0.2) is 4.68 Å². The van der Waals surface area contributed by atoms with E-state index in [1.165, 1.54) is 0 Å². The standard InChI is InChI=1S/C14H14N6/c1-9-10(2)14(15)18-17-13(9)12-8-16-19-20(12)11-6-4-3-5-7-11/h3-8H,1-2H3,(H2,15,18). The number of hydrogen-bond acceptors (Lipinski definition) is 5. The number of nitrogens with zero attached hydrogens (tertiary/aromatic N) is 5. The average Bonchev–Trinajstić information content (AvgIpc) is 2.95. The Kier molecular flexibility index (Phi) is 2.90. The van der Waals surface area contributed by atoms with Crippen molar-refractivity contribution in [1.82, 2.24) is 25.2 Å². The molecule has 0 bridgehead atoms. The molecule has 20 heavy (non-hydrogen) atoms. The van der Waals surface area contributed by atoms with Gasteiger partial charge in [-0.2, -0.15) is 0 Å². The molecule has 2 N–H and O–H groups in total. The molecule has 2 aromatic heterocycles. The van der Waals surface area contributed by atoms with Crippen molar-refractivity contribution in [1.29, 1.82) is 0 Å². The highest BCUT2D eigenvalue weighted by Crippen LogP contribution is 2.25. The van der Waals surface area contributed by atoms with Crippen LogP contribution >= 0.6 is 0 Å². The predicted molar refractivity (Wildman–Crippen MR) is 76.3 cm³/mol. The SMILES string of the molecule is Cc1c(N)nnc(-c2cnnn2-c2ccccc2)c1C. The van der Waals surface area contributed by atoms with Gasteiger partial charge in [0, 0.05) is 0 Å². The third kappa shape index (κ3) is 1.91. The summed E-state index contributed by atoms with van der Waals surface area (Å²) < 4.78 is 1.74. The Morgan fingerprint density at radius 1 is 1.00 bits per heavy atom. The molecular weight excluding hydrogens is 252 g/mol. The van der Waals surface area contributed by atoms with Crippen LogP contribution in [-0.2, 0) is 0 Å². The van der Waals surface area contributed by atoms with Crippen molar-refractivity contribution in [3.05, 3.63) is 47.7 Å². The van der Waals surface area contributed by atoms with Crippen molar-refractivity contribution in [2.24, 2.45) is 0 Å². The third-order valence-corrected chi connectivity index (χ3v) is 3.35. The molecule has 0 aliphatic rings. The molecule has 0 amide bonds. The summed E-state index contributed by atoms with van der Waals surface area (Å²) in [7, 11) is 0. The van der Waals surface area contributed by atoms with Gasteiger partial charge < -0.3 is 5.73 Å². The zero-order chi connectivity index (χ0) is 14.1. The van der Waals surface area contributed by atoms with Crippen molar-refractivity contribution in [3.8, 4) is 17.1 Å². The van der Waals surface area contributed by atoms with E-state index >= 15 is 0 Å². The fourth-order valence-corrected chi connectivity index (χ4v) is 2.02. The zero-order valence-electron chi connectivity index (χ0n) is 11.3. The Bertz CT molecular complexity index is 748. The van der Waals surface area contributed by atoms with E-state index in [2.05, 4.69) is 20.5 Å². The van der Waals surface area contributed by atoms with E-state index in [1.807, 2.05) is 44.2 Å². The molecule has 100 valence electrons. The minimum absolute atomic E-state index is 0.449. The Balaban J connectivity index is 2.18. The highest BCUT2D eigenvalue weighted by Gasteiger charge is 2.15. The fourth-order valence-electron chi connectivity index (χ4n) is 2.02. The molecule has 1 aromatic carbocycles. The van der Waals surface area contributed by atoms with Crippen LogP contribution in [0.1, 0.15) is 11.1 Å². The minimum Gasteiger partial charge on any atom is -0.382 e. The number of nitrogen functional groups attached to an aromatic ring is 1. The number of anilines is 1. The van der Waals surface area contributed by atoms with E-state index in [9.17, 15) is 0 Å². The Hall–Kier alpha value is -2.76. The zero-order valence-corrected chi connectivity index (χ0v) is 11.3. The number of rotatable bonds is 2. The van der Waals surface area contributed by atoms with Gasteiger partial charge in [0.1, 0.15) is 17.2 Å². The molecule has 6 nitrogen and oxygen atoms in total. The van der Waals surface area contributed by atoms with Gasteiger partial charge in [-0.15, -0.1) is 15.3 Å². The average molecular weight is 266 g/mol. The van der Waals surface area contributed by atoms with E-state index < -0.39 is 0 Å². The lowest BCUT2D eigenvalue weighted by Gasteiger charge is -2.10. The second kappa shape index (κ2) is 4.73. The van der Waals surface area contributed by atoms with Gasteiger partial charge in [0.15, 0.2) is 0 Å². The summed E-state index contributed by atoms with van der Waals surface area (Å²) in [6, 6.07) is 9.79. The first-order chi connectivity index (χ1) is 9.68. The molecule has 0 saturated heterocycles. The van der Waals surface area contributed by atoms with E-state index in [0.717, 1.165) is 28.2 Å². The molecule has 0 atom stereocenters. The van der Waals surface area contributed by atoms with Crippen molar-refractivity contribution in [3.63, 3.8) is 0 Å². The van der Waals surface area contributed by atoms with E-state index in [1.54, 1.807) is 10.9 Å². The highest BCUT2D eigenvalue weighted by atomic mass is 15.4. The lowest BCUT2D eigenvalue weighted by molar-refractivity contribution is 0.803. The van der Waals surface area contributed by atoms with Crippen LogP contribution in [0.2, 0.25) is 0 Å². The Morgan fingerprint density at radius 2 is 1.75 bits per heavy atom. The lowest BCUT2D eigenvalue weighted by Crippen LogP contribution is -2.05. The van der Waals surface area contributed by atoms with Crippen LogP contribution in [0.25, 0.3) is 17.1 Å². The number of benzene rings is 1. The second-order valence-electron chi connectivity index (χ2n) is 4.55. The van der Waals surface area contributed by atoms with Crippen LogP contribution in [0.3, 0.4) is 0 Å². The molecule has 0 fully saturated rings. The molecule has 0 aliphatic heterocycles. The molecular formula is C14H14N6. The molecule has 0 aliphatic carbocycles. The van der Waals surface area contributed by atoms with Crippen LogP contribution in [0, 0.1) is 13.8 Å². The quantitative estimate of drug-likeness (QED) is 0.766. The lowest BCUT2D eigenvalue weighted by atomic mass is 10.1. The summed E-state index contributed by atoms with van der Waals surface area (Å²) in [5.41, 5.74) is 10.2. The second-order valence-corrected chi connectivity index (χ2v) is 4.55. The van der Waals surface area contributed by atoms with Crippen molar-refractivity contribution >= 4 is 5.82 Å². The highest BCUT2D eigenvalue weighted by molar-refractivity contribution is 5.63.